The number of aliphatic imine (C=N–C) groups is 1. The Balaban J connectivity index is 1.89. The van der Waals surface area contributed by atoms with Gasteiger partial charge in [0.15, 0.2) is 5.78 Å². The number of Topliss-reactive ketones (excluding diaryl/α,β-unsaturated/α-hetero) is 1. The van der Waals surface area contributed by atoms with Gasteiger partial charge in [-0.2, -0.15) is 5.26 Å². The molecule has 0 saturated carbocycles. The highest BCUT2D eigenvalue weighted by Gasteiger charge is 2.42. The predicted molar refractivity (Wildman–Crippen MR) is 103 cm³/mol. The molecule has 2 aromatic carbocycles. The van der Waals surface area contributed by atoms with Gasteiger partial charge in [-0.15, -0.1) is 0 Å². The number of hydrogen-bond donors (Lipinski definition) is 0. The first kappa shape index (κ1) is 16.5. The van der Waals surface area contributed by atoms with Gasteiger partial charge in [-0.1, -0.05) is 62.4 Å². The van der Waals surface area contributed by atoms with E-state index in [4.69, 9.17) is 0 Å². The van der Waals surface area contributed by atoms with Crippen LogP contribution in [0.1, 0.15) is 59.7 Å². The average molecular weight is 340 g/mol. The smallest absolute Gasteiger partial charge is 0.192 e. The molecule has 26 heavy (non-hydrogen) atoms. The Hall–Kier alpha value is -2.99. The lowest BCUT2D eigenvalue weighted by Gasteiger charge is -2.27. The molecule has 1 heterocycles. The van der Waals surface area contributed by atoms with Crippen LogP contribution in [0.3, 0.4) is 0 Å². The Kier molecular flexibility index (Phi) is 3.85. The topological polar surface area (TPSA) is 53.2 Å². The Labute approximate surface area is 153 Å². The number of benzene rings is 2. The molecule has 2 aliphatic rings. The number of hydrogen-bond acceptors (Lipinski definition) is 3. The van der Waals surface area contributed by atoms with Crippen molar-refractivity contribution >= 4 is 17.2 Å². The summed E-state index contributed by atoms with van der Waals surface area (Å²) in [6.07, 6.45) is 0. The zero-order valence-electron chi connectivity index (χ0n) is 15.2. The van der Waals surface area contributed by atoms with Crippen LogP contribution >= 0.6 is 0 Å². The van der Waals surface area contributed by atoms with Crippen LogP contribution in [0.5, 0.6) is 0 Å². The summed E-state index contributed by atoms with van der Waals surface area (Å²) >= 11 is 0. The monoisotopic (exact) mass is 340 g/mol. The zero-order valence-corrected chi connectivity index (χ0v) is 15.2. The highest BCUT2D eigenvalue weighted by Crippen LogP contribution is 2.47. The Morgan fingerprint density at radius 1 is 1.04 bits per heavy atom. The highest BCUT2D eigenvalue weighted by atomic mass is 16.1. The fourth-order valence-corrected chi connectivity index (χ4v) is 3.96. The SMILES string of the molecule is CC1=NC2=C(C(=O)c3ccccc32)[C@H](c2ccc(C(C)C)cc2)C1C#N. The third-order valence-electron chi connectivity index (χ3n) is 5.41. The van der Waals surface area contributed by atoms with E-state index < -0.39 is 5.92 Å². The van der Waals surface area contributed by atoms with Crippen LogP contribution in [-0.2, 0) is 0 Å². The summed E-state index contributed by atoms with van der Waals surface area (Å²) in [4.78, 5) is 17.8. The molecule has 0 N–H and O–H groups in total. The lowest BCUT2D eigenvalue weighted by atomic mass is 9.75. The van der Waals surface area contributed by atoms with Gasteiger partial charge in [0.1, 0.15) is 0 Å². The summed E-state index contributed by atoms with van der Waals surface area (Å²) < 4.78 is 0. The van der Waals surface area contributed by atoms with E-state index >= 15 is 0 Å². The maximum atomic E-state index is 13.1. The van der Waals surface area contributed by atoms with Crippen molar-refractivity contribution in [3.05, 3.63) is 76.4 Å². The number of rotatable bonds is 2. The quantitative estimate of drug-likeness (QED) is 0.762. The van der Waals surface area contributed by atoms with Gasteiger partial charge in [0.25, 0.3) is 0 Å². The summed E-state index contributed by atoms with van der Waals surface area (Å²) in [7, 11) is 0. The van der Waals surface area contributed by atoms with Crippen LogP contribution in [0.2, 0.25) is 0 Å². The standard InChI is InChI=1S/C23H20N2O/c1-13(2)15-8-10-16(11-9-15)20-19(12-24)14(3)25-22-17-6-4-5-7-18(17)23(26)21(20)22/h4-11,13,19-20H,1-3H3/t19?,20-/m1/s1. The summed E-state index contributed by atoms with van der Waals surface area (Å²) in [6.45, 7) is 6.20. The molecule has 1 aliphatic heterocycles. The van der Waals surface area contributed by atoms with Crippen molar-refractivity contribution in [1.29, 1.82) is 5.26 Å². The minimum absolute atomic E-state index is 0.00466. The van der Waals surface area contributed by atoms with Crippen molar-refractivity contribution in [2.45, 2.75) is 32.6 Å². The number of nitrogens with zero attached hydrogens (tertiary/aromatic N) is 2. The van der Waals surface area contributed by atoms with Crippen molar-refractivity contribution in [3.8, 4) is 6.07 Å². The van der Waals surface area contributed by atoms with Gasteiger partial charge in [0.05, 0.1) is 17.7 Å². The second-order valence-corrected chi connectivity index (χ2v) is 7.30. The van der Waals surface area contributed by atoms with Crippen LogP contribution in [0, 0.1) is 17.2 Å². The molecule has 0 amide bonds. The van der Waals surface area contributed by atoms with Gasteiger partial charge < -0.3 is 0 Å². The van der Waals surface area contributed by atoms with E-state index in [9.17, 15) is 10.1 Å². The molecule has 3 nitrogen and oxygen atoms in total. The maximum absolute atomic E-state index is 13.1. The number of carbonyl (C=O) groups excluding carboxylic acids is 1. The van der Waals surface area contributed by atoms with Crippen LogP contribution < -0.4 is 0 Å². The molecule has 0 radical (unpaired) electrons. The molecule has 2 atom stereocenters. The van der Waals surface area contributed by atoms with E-state index in [0.717, 1.165) is 22.5 Å². The number of nitriles is 1. The molecule has 0 saturated heterocycles. The third-order valence-corrected chi connectivity index (χ3v) is 5.41. The van der Waals surface area contributed by atoms with Gasteiger partial charge in [-0.05, 0) is 24.0 Å². The van der Waals surface area contributed by atoms with Gasteiger partial charge in [-0.25, -0.2) is 0 Å². The molecule has 0 fully saturated rings. The van der Waals surface area contributed by atoms with Crippen LogP contribution in [-0.4, -0.2) is 11.5 Å². The zero-order chi connectivity index (χ0) is 18.4. The first-order valence-electron chi connectivity index (χ1n) is 8.96. The molecule has 1 unspecified atom stereocenters. The van der Waals surface area contributed by atoms with Gasteiger partial charge in [0.2, 0.25) is 0 Å². The first-order chi connectivity index (χ1) is 12.5. The van der Waals surface area contributed by atoms with Crippen molar-refractivity contribution in [2.75, 3.05) is 0 Å². The molecular formula is C23H20N2O. The van der Waals surface area contributed by atoms with Crippen molar-refractivity contribution < 1.29 is 4.79 Å². The van der Waals surface area contributed by atoms with E-state index in [2.05, 4.69) is 49.2 Å². The molecule has 2 aromatic rings. The lowest BCUT2D eigenvalue weighted by molar-refractivity contribution is 0.103. The third kappa shape index (κ3) is 2.34. The summed E-state index contributed by atoms with van der Waals surface area (Å²) in [5.41, 5.74) is 6.01. The van der Waals surface area contributed by atoms with Gasteiger partial charge >= 0.3 is 0 Å². The number of ketones is 1. The van der Waals surface area contributed by atoms with Gasteiger partial charge in [-0.3, -0.25) is 9.79 Å². The average Bonchev–Trinajstić information content (AvgIpc) is 2.93. The fourth-order valence-electron chi connectivity index (χ4n) is 3.96. The summed E-state index contributed by atoms with van der Waals surface area (Å²) in [5.74, 6) is -0.242. The second kappa shape index (κ2) is 6.07. The van der Waals surface area contributed by atoms with Gasteiger partial charge in [0, 0.05) is 28.3 Å². The summed E-state index contributed by atoms with van der Waals surface area (Å²) in [6, 6.07) is 18.3. The molecular weight excluding hydrogens is 320 g/mol. The molecule has 3 heteroatoms. The molecule has 4 rings (SSSR count). The van der Waals surface area contributed by atoms with Crippen LogP contribution in [0.4, 0.5) is 0 Å². The first-order valence-corrected chi connectivity index (χ1v) is 8.96. The largest absolute Gasteiger partial charge is 0.289 e. The highest BCUT2D eigenvalue weighted by molar-refractivity contribution is 6.23. The van der Waals surface area contributed by atoms with Crippen LogP contribution in [0.25, 0.3) is 5.70 Å². The molecule has 0 spiro atoms. The fraction of sp³-hybridized carbons (Fsp3) is 0.261. The van der Waals surface area contributed by atoms with Crippen LogP contribution in [0.15, 0.2) is 59.1 Å². The minimum Gasteiger partial charge on any atom is -0.289 e. The molecule has 1 aliphatic carbocycles. The maximum Gasteiger partial charge on any atom is 0.192 e. The van der Waals surface area contributed by atoms with Crippen molar-refractivity contribution in [2.24, 2.45) is 10.9 Å². The van der Waals surface area contributed by atoms with E-state index in [1.165, 1.54) is 5.56 Å². The Bertz CT molecular complexity index is 1000. The normalized spacial score (nSPS) is 21.3. The number of allylic oxidation sites excluding steroid dienone is 1. The molecule has 128 valence electrons. The van der Waals surface area contributed by atoms with Crippen molar-refractivity contribution in [3.63, 3.8) is 0 Å². The Morgan fingerprint density at radius 2 is 1.69 bits per heavy atom. The second-order valence-electron chi connectivity index (χ2n) is 7.30. The summed E-state index contributed by atoms with van der Waals surface area (Å²) in [5, 5.41) is 9.79. The van der Waals surface area contributed by atoms with E-state index in [0.29, 0.717) is 17.1 Å². The number of fused-ring (bicyclic) bond motifs is 2. The molecule has 0 bridgehead atoms. The molecule has 0 aromatic heterocycles. The van der Waals surface area contributed by atoms with E-state index in [1.54, 1.807) is 0 Å². The van der Waals surface area contributed by atoms with E-state index in [1.807, 2.05) is 31.2 Å². The number of carbonyl (C=O) groups is 1. The van der Waals surface area contributed by atoms with Crippen molar-refractivity contribution in [1.82, 2.24) is 0 Å². The lowest BCUT2D eigenvalue weighted by Crippen LogP contribution is -2.26. The predicted octanol–water partition coefficient (Wildman–Crippen LogP) is 5.12. The van der Waals surface area contributed by atoms with E-state index in [-0.39, 0.29) is 11.7 Å². The minimum atomic E-state index is -0.420. The Morgan fingerprint density at radius 3 is 2.31 bits per heavy atom.